The third kappa shape index (κ3) is 5.45. The zero-order valence-corrected chi connectivity index (χ0v) is 16.9. The molecule has 0 aliphatic heterocycles. The molecule has 0 atom stereocenters. The third-order valence-corrected chi connectivity index (χ3v) is 4.77. The Kier molecular flexibility index (Phi) is 7.43. The predicted molar refractivity (Wildman–Crippen MR) is 106 cm³/mol. The molecule has 142 valence electrons. The van der Waals surface area contributed by atoms with Gasteiger partial charge in [0.2, 0.25) is 0 Å². The van der Waals surface area contributed by atoms with Crippen molar-refractivity contribution in [1.82, 2.24) is 9.78 Å². The molecular weight excluding hydrogens is 324 g/mol. The van der Waals surface area contributed by atoms with Gasteiger partial charge in [0.1, 0.15) is 5.75 Å². The van der Waals surface area contributed by atoms with Crippen LogP contribution in [0.15, 0.2) is 18.2 Å². The van der Waals surface area contributed by atoms with Gasteiger partial charge in [-0.2, -0.15) is 5.10 Å². The summed E-state index contributed by atoms with van der Waals surface area (Å²) in [6, 6.07) is 5.98. The van der Waals surface area contributed by atoms with Crippen LogP contribution in [0, 0.1) is 27.7 Å². The Balaban J connectivity index is 1.97. The average molecular weight is 357 g/mol. The Hall–Kier alpha value is -2.10. The number of hydrogen-bond donors (Lipinski definition) is 0. The van der Waals surface area contributed by atoms with E-state index in [4.69, 9.17) is 4.74 Å². The van der Waals surface area contributed by atoms with Gasteiger partial charge in [-0.05, 0) is 69.4 Å². The summed E-state index contributed by atoms with van der Waals surface area (Å²) in [6.07, 6.45) is 7.22. The zero-order valence-electron chi connectivity index (χ0n) is 16.9. The molecule has 0 spiro atoms. The van der Waals surface area contributed by atoms with Crippen LogP contribution in [0.2, 0.25) is 0 Å². The van der Waals surface area contributed by atoms with E-state index in [1.54, 1.807) is 0 Å². The van der Waals surface area contributed by atoms with Crippen LogP contribution in [0.4, 0.5) is 0 Å². The second-order valence-electron chi connectivity index (χ2n) is 7.23. The van der Waals surface area contributed by atoms with Gasteiger partial charge in [-0.25, -0.2) is 4.68 Å². The van der Waals surface area contributed by atoms with Gasteiger partial charge >= 0.3 is 0 Å². The van der Waals surface area contributed by atoms with Crippen molar-refractivity contribution in [3.05, 3.63) is 46.3 Å². The van der Waals surface area contributed by atoms with E-state index in [1.807, 2.05) is 39.8 Å². The van der Waals surface area contributed by atoms with E-state index in [0.717, 1.165) is 41.1 Å². The number of carbonyl (C=O) groups excluding carboxylic acids is 1. The Bertz CT molecular complexity index is 727. The fourth-order valence-electron chi connectivity index (χ4n) is 3.41. The van der Waals surface area contributed by atoms with E-state index in [2.05, 4.69) is 18.1 Å². The summed E-state index contributed by atoms with van der Waals surface area (Å²) >= 11 is 0. The molecule has 0 aliphatic rings. The number of rotatable bonds is 9. The molecule has 4 heteroatoms. The minimum Gasteiger partial charge on any atom is -0.484 e. The fourth-order valence-corrected chi connectivity index (χ4v) is 3.41. The highest BCUT2D eigenvalue weighted by Gasteiger charge is 2.16. The SMILES string of the molecule is CCCCCCCc1c(C)nn(C(=O)COc2cc(C)cc(C)c2)c1C. The Labute approximate surface area is 157 Å². The van der Waals surface area contributed by atoms with E-state index in [0.29, 0.717) is 0 Å². The van der Waals surface area contributed by atoms with Crippen molar-refractivity contribution in [2.45, 2.75) is 73.1 Å². The molecule has 0 amide bonds. The van der Waals surface area contributed by atoms with Gasteiger partial charge in [0.25, 0.3) is 5.91 Å². The number of benzene rings is 1. The highest BCUT2D eigenvalue weighted by atomic mass is 16.5. The minimum absolute atomic E-state index is 0.000787. The smallest absolute Gasteiger partial charge is 0.284 e. The van der Waals surface area contributed by atoms with Crippen molar-refractivity contribution in [2.75, 3.05) is 6.61 Å². The van der Waals surface area contributed by atoms with Crippen LogP contribution in [0.25, 0.3) is 0 Å². The second kappa shape index (κ2) is 9.56. The summed E-state index contributed by atoms with van der Waals surface area (Å²) < 4.78 is 7.22. The Morgan fingerprint density at radius 2 is 1.65 bits per heavy atom. The van der Waals surface area contributed by atoms with Gasteiger partial charge in [-0.3, -0.25) is 4.79 Å². The number of unbranched alkanes of at least 4 members (excludes halogenated alkanes) is 4. The van der Waals surface area contributed by atoms with Crippen molar-refractivity contribution in [3.63, 3.8) is 0 Å². The number of carbonyl (C=O) groups is 1. The van der Waals surface area contributed by atoms with Crippen molar-refractivity contribution in [2.24, 2.45) is 0 Å². The predicted octanol–water partition coefficient (Wildman–Crippen LogP) is 5.35. The molecule has 0 saturated heterocycles. The quantitative estimate of drug-likeness (QED) is 0.569. The second-order valence-corrected chi connectivity index (χ2v) is 7.23. The number of hydrogen-bond acceptors (Lipinski definition) is 3. The van der Waals surface area contributed by atoms with E-state index >= 15 is 0 Å². The molecule has 0 saturated carbocycles. The third-order valence-electron chi connectivity index (χ3n) is 4.77. The Morgan fingerprint density at radius 3 is 2.31 bits per heavy atom. The first-order chi connectivity index (χ1) is 12.4. The first kappa shape index (κ1) is 20.2. The molecule has 0 N–H and O–H groups in total. The number of aryl methyl sites for hydroxylation is 3. The average Bonchev–Trinajstić information content (AvgIpc) is 2.86. The molecule has 0 fully saturated rings. The first-order valence-corrected chi connectivity index (χ1v) is 9.71. The lowest BCUT2D eigenvalue weighted by Gasteiger charge is -2.09. The van der Waals surface area contributed by atoms with Crippen molar-refractivity contribution < 1.29 is 9.53 Å². The molecule has 1 aromatic carbocycles. The summed E-state index contributed by atoms with van der Waals surface area (Å²) in [6.45, 7) is 10.2. The highest BCUT2D eigenvalue weighted by molar-refractivity contribution is 5.80. The van der Waals surface area contributed by atoms with Crippen LogP contribution < -0.4 is 4.74 Å². The molecular formula is C22H32N2O2. The van der Waals surface area contributed by atoms with Crippen LogP contribution >= 0.6 is 0 Å². The van der Waals surface area contributed by atoms with Gasteiger partial charge in [-0.1, -0.05) is 38.7 Å². The van der Waals surface area contributed by atoms with Crippen molar-refractivity contribution in [3.8, 4) is 5.75 Å². The van der Waals surface area contributed by atoms with Crippen molar-refractivity contribution >= 4 is 5.91 Å². The van der Waals surface area contributed by atoms with Crippen LogP contribution in [-0.4, -0.2) is 22.3 Å². The van der Waals surface area contributed by atoms with E-state index in [9.17, 15) is 4.79 Å². The first-order valence-electron chi connectivity index (χ1n) is 9.71. The van der Waals surface area contributed by atoms with E-state index < -0.39 is 0 Å². The lowest BCUT2D eigenvalue weighted by molar-refractivity contribution is 0.0818. The maximum Gasteiger partial charge on any atom is 0.284 e. The molecule has 0 unspecified atom stereocenters. The van der Waals surface area contributed by atoms with Gasteiger partial charge in [0.15, 0.2) is 6.61 Å². The number of nitrogens with zero attached hydrogens (tertiary/aromatic N) is 2. The van der Waals surface area contributed by atoms with E-state index in [-0.39, 0.29) is 12.5 Å². The fraction of sp³-hybridized carbons (Fsp3) is 0.545. The number of ether oxygens (including phenoxy) is 1. The molecule has 0 aliphatic carbocycles. The normalized spacial score (nSPS) is 11.0. The summed E-state index contributed by atoms with van der Waals surface area (Å²) in [4.78, 5) is 12.6. The molecule has 0 bridgehead atoms. The van der Waals surface area contributed by atoms with Crippen molar-refractivity contribution in [1.29, 1.82) is 0 Å². The van der Waals surface area contributed by atoms with Gasteiger partial charge < -0.3 is 4.74 Å². The Morgan fingerprint density at radius 1 is 1.00 bits per heavy atom. The topological polar surface area (TPSA) is 44.1 Å². The monoisotopic (exact) mass is 356 g/mol. The highest BCUT2D eigenvalue weighted by Crippen LogP contribution is 2.19. The standard InChI is InChI=1S/C22H32N2O2/c1-6-7-8-9-10-11-21-18(4)23-24(19(21)5)22(25)15-26-20-13-16(2)12-17(3)14-20/h12-14H,6-11,15H2,1-5H3. The van der Waals surface area contributed by atoms with Crippen LogP contribution in [0.3, 0.4) is 0 Å². The molecule has 0 radical (unpaired) electrons. The summed E-state index contributed by atoms with van der Waals surface area (Å²) in [7, 11) is 0. The molecule has 1 heterocycles. The van der Waals surface area contributed by atoms with Gasteiger partial charge in [0.05, 0.1) is 5.69 Å². The summed E-state index contributed by atoms with van der Waals surface area (Å²) in [5.41, 5.74) is 5.37. The number of aromatic nitrogens is 2. The molecule has 2 aromatic rings. The van der Waals surface area contributed by atoms with Crippen LogP contribution in [0.1, 0.15) is 71.9 Å². The molecule has 4 nitrogen and oxygen atoms in total. The maximum atomic E-state index is 12.6. The molecule has 26 heavy (non-hydrogen) atoms. The van der Waals surface area contributed by atoms with Crippen LogP contribution in [0.5, 0.6) is 5.75 Å². The summed E-state index contributed by atoms with van der Waals surface area (Å²) in [5.74, 6) is 0.607. The lowest BCUT2D eigenvalue weighted by Crippen LogP contribution is -2.21. The summed E-state index contributed by atoms with van der Waals surface area (Å²) in [5, 5.41) is 4.46. The minimum atomic E-state index is -0.123. The zero-order chi connectivity index (χ0) is 19.1. The largest absolute Gasteiger partial charge is 0.484 e. The molecule has 1 aromatic heterocycles. The maximum absolute atomic E-state index is 12.6. The van der Waals surface area contributed by atoms with Gasteiger partial charge in [0, 0.05) is 5.69 Å². The molecule has 2 rings (SSSR count). The van der Waals surface area contributed by atoms with Gasteiger partial charge in [-0.15, -0.1) is 0 Å². The lowest BCUT2D eigenvalue weighted by atomic mass is 10.0. The van der Waals surface area contributed by atoms with E-state index in [1.165, 1.54) is 35.9 Å². The van der Waals surface area contributed by atoms with Crippen LogP contribution in [-0.2, 0) is 6.42 Å².